The van der Waals surface area contributed by atoms with Gasteiger partial charge in [0.05, 0.1) is 18.0 Å². The fraction of sp³-hybridized carbons (Fsp3) is 0.490. The number of piperazine rings is 1. The highest BCUT2D eigenvalue weighted by molar-refractivity contribution is 6.06. The van der Waals surface area contributed by atoms with Gasteiger partial charge in [0.2, 0.25) is 11.8 Å². The number of carbonyl (C=O) groups is 3. The van der Waals surface area contributed by atoms with Crippen molar-refractivity contribution >= 4 is 50.9 Å². The van der Waals surface area contributed by atoms with Crippen molar-refractivity contribution in [3.8, 4) is 23.0 Å². The molecule has 2 N–H and O–H groups in total. The highest BCUT2D eigenvalue weighted by atomic mass is 19.1. The summed E-state index contributed by atoms with van der Waals surface area (Å²) in [6.07, 6.45) is 6.54. The van der Waals surface area contributed by atoms with E-state index in [0.717, 1.165) is 106 Å². The minimum absolute atomic E-state index is 0.0125. The van der Waals surface area contributed by atoms with E-state index in [2.05, 4.69) is 36.1 Å². The number of nitrogens with zero attached hydrogens (tertiary/aromatic N) is 8. The summed E-state index contributed by atoms with van der Waals surface area (Å²) in [5.74, 6) is -0.454. The van der Waals surface area contributed by atoms with Crippen molar-refractivity contribution in [3.63, 3.8) is 0 Å². The van der Waals surface area contributed by atoms with Crippen LogP contribution in [0.3, 0.4) is 0 Å². The molecule has 3 aromatic carbocycles. The van der Waals surface area contributed by atoms with Crippen molar-refractivity contribution in [1.82, 2.24) is 35.0 Å². The molecule has 67 heavy (non-hydrogen) atoms. The van der Waals surface area contributed by atoms with Crippen LogP contribution in [0.1, 0.15) is 73.4 Å². The van der Waals surface area contributed by atoms with Crippen LogP contribution in [-0.2, 0) is 22.6 Å². The molecule has 3 amide bonds. The number of rotatable bonds is 13. The molecule has 16 heteroatoms. The van der Waals surface area contributed by atoms with Gasteiger partial charge in [-0.2, -0.15) is 9.97 Å². The monoisotopic (exact) mass is 913 g/mol. The third kappa shape index (κ3) is 8.40. The lowest BCUT2D eigenvalue weighted by atomic mass is 9.94. The smallest absolute Gasteiger partial charge is 0.319 e. The maximum Gasteiger partial charge on any atom is 0.319 e. The molecule has 5 fully saturated rings. The number of likely N-dealkylation sites (tertiary alicyclic amines) is 1. The van der Waals surface area contributed by atoms with E-state index in [4.69, 9.17) is 9.72 Å². The molecule has 6 heterocycles. The number of imide groups is 1. The third-order valence-corrected chi connectivity index (χ3v) is 15.3. The van der Waals surface area contributed by atoms with Gasteiger partial charge in [0.1, 0.15) is 35.0 Å². The Kier molecular flexibility index (Phi) is 11.2. The number of hydrogen-bond acceptors (Lipinski definition) is 12. The number of pyridine rings is 1. The Morgan fingerprint density at radius 2 is 1.75 bits per heavy atom. The van der Waals surface area contributed by atoms with E-state index >= 15 is 4.39 Å². The molecule has 3 saturated heterocycles. The first-order valence-corrected chi connectivity index (χ1v) is 24.0. The normalized spacial score (nSPS) is 23.2. The summed E-state index contributed by atoms with van der Waals surface area (Å²) >= 11 is 0. The van der Waals surface area contributed by atoms with Gasteiger partial charge in [-0.05, 0) is 110 Å². The first kappa shape index (κ1) is 43.6. The van der Waals surface area contributed by atoms with Crippen molar-refractivity contribution < 1.29 is 33.0 Å². The number of ether oxygens (including phenoxy) is 1. The number of phenolic OH excluding ortho intramolecular Hbond substituents is 1. The van der Waals surface area contributed by atoms with Crippen LogP contribution in [0.2, 0.25) is 0 Å². The lowest BCUT2D eigenvalue weighted by Crippen LogP contribution is -2.52. The first-order valence-electron chi connectivity index (χ1n) is 24.0. The fourth-order valence-electron chi connectivity index (χ4n) is 11.1. The zero-order valence-electron chi connectivity index (χ0n) is 38.1. The standard InChI is InChI=1S/C51H57F2N9O5/c1-3-31-5-4-6-32-22-35(63)23-37(43(31)32)45-44(53)46-38(25-54-45)47(58(2)41-24-39(41)52)57-50(56-46)67-29-51(13-14-51)28-60-15-11-30(12-16-60)26-59-17-19-61(20-18-59)34-7-8-36-33(21-34)27-62(49(36)66)40-9-10-42(64)55-48(40)65/h4-8,21-23,25,30,39-41,63H,3,9-20,24,26-29H2,1-2H3,(H,55,64,65)/t39-,40+,41-/m1/s1. The van der Waals surface area contributed by atoms with Crippen LogP contribution in [-0.4, -0.2) is 137 Å². The minimum Gasteiger partial charge on any atom is -0.508 e. The van der Waals surface area contributed by atoms with Crippen molar-refractivity contribution in [1.29, 1.82) is 0 Å². The first-order chi connectivity index (χ1) is 32.4. The number of benzene rings is 3. The number of anilines is 2. The van der Waals surface area contributed by atoms with Gasteiger partial charge in [-0.15, -0.1) is 0 Å². The highest BCUT2D eigenvalue weighted by Gasteiger charge is 2.46. The van der Waals surface area contributed by atoms with Gasteiger partial charge in [0.25, 0.3) is 5.91 Å². The van der Waals surface area contributed by atoms with E-state index < -0.39 is 23.9 Å². The number of alkyl halides is 1. The van der Waals surface area contributed by atoms with Gasteiger partial charge in [-0.25, -0.2) is 8.78 Å². The maximum atomic E-state index is 16.9. The van der Waals surface area contributed by atoms with Crippen LogP contribution in [0, 0.1) is 17.2 Å². The van der Waals surface area contributed by atoms with Crippen LogP contribution in [0.15, 0.2) is 54.7 Å². The van der Waals surface area contributed by atoms with Crippen LogP contribution in [0.25, 0.3) is 32.9 Å². The molecule has 0 bridgehead atoms. The molecule has 4 aliphatic heterocycles. The van der Waals surface area contributed by atoms with E-state index in [9.17, 15) is 23.9 Å². The molecule has 6 aliphatic rings. The Bertz CT molecular complexity index is 2790. The second kappa shape index (κ2) is 17.3. The molecule has 0 radical (unpaired) electrons. The van der Waals surface area contributed by atoms with Gasteiger partial charge in [-0.3, -0.25) is 29.6 Å². The van der Waals surface area contributed by atoms with Gasteiger partial charge in [0.15, 0.2) is 5.82 Å². The number of fused-ring (bicyclic) bond motifs is 3. The summed E-state index contributed by atoms with van der Waals surface area (Å²) in [5, 5.41) is 15.1. The predicted octanol–water partition coefficient (Wildman–Crippen LogP) is 6.25. The Hall–Kier alpha value is -6.00. The molecular weight excluding hydrogens is 857 g/mol. The number of piperidine rings is 2. The molecule has 350 valence electrons. The molecule has 11 rings (SSSR count). The summed E-state index contributed by atoms with van der Waals surface area (Å²) < 4.78 is 37.8. The van der Waals surface area contributed by atoms with E-state index in [1.807, 2.05) is 37.3 Å². The third-order valence-electron chi connectivity index (χ3n) is 15.3. The molecular formula is C51H57F2N9O5. The molecule has 0 spiro atoms. The number of carbonyl (C=O) groups excluding carboxylic acids is 3. The van der Waals surface area contributed by atoms with E-state index in [-0.39, 0.29) is 52.7 Å². The van der Waals surface area contributed by atoms with Gasteiger partial charge >= 0.3 is 6.01 Å². The Morgan fingerprint density at radius 3 is 2.48 bits per heavy atom. The Balaban J connectivity index is 0.705. The minimum atomic E-state index is -0.994. The van der Waals surface area contributed by atoms with E-state index in [1.165, 1.54) is 0 Å². The highest BCUT2D eigenvalue weighted by Crippen LogP contribution is 2.47. The number of hydrogen-bond donors (Lipinski definition) is 2. The molecule has 2 saturated carbocycles. The van der Waals surface area contributed by atoms with Crippen LogP contribution in [0.4, 0.5) is 20.3 Å². The second-order valence-corrected chi connectivity index (χ2v) is 19.8. The summed E-state index contributed by atoms with van der Waals surface area (Å²) in [6, 6.07) is 14.1. The number of aromatic hydroxyl groups is 1. The van der Waals surface area contributed by atoms with Crippen molar-refractivity contribution in [3.05, 3.63) is 77.2 Å². The lowest BCUT2D eigenvalue weighted by molar-refractivity contribution is -0.136. The Labute approximate surface area is 388 Å². The van der Waals surface area contributed by atoms with E-state index in [0.29, 0.717) is 60.7 Å². The Morgan fingerprint density at radius 1 is 0.955 bits per heavy atom. The molecule has 14 nitrogen and oxygen atoms in total. The molecule has 3 atom stereocenters. The van der Waals surface area contributed by atoms with Crippen molar-refractivity contribution in [2.75, 3.05) is 75.8 Å². The molecule has 5 aromatic rings. The van der Waals surface area contributed by atoms with Crippen LogP contribution >= 0.6 is 0 Å². The quantitative estimate of drug-likeness (QED) is 0.129. The summed E-state index contributed by atoms with van der Waals surface area (Å²) in [7, 11) is 1.77. The number of aryl methyl sites for hydroxylation is 1. The average molecular weight is 914 g/mol. The van der Waals surface area contributed by atoms with Crippen molar-refractivity contribution in [2.24, 2.45) is 11.3 Å². The molecule has 2 aliphatic carbocycles. The topological polar surface area (TPSA) is 148 Å². The number of halogens is 2. The van der Waals surface area contributed by atoms with Gasteiger partial charge in [0, 0.05) is 94.1 Å². The van der Waals surface area contributed by atoms with Crippen LogP contribution in [0.5, 0.6) is 11.8 Å². The second-order valence-electron chi connectivity index (χ2n) is 19.8. The largest absolute Gasteiger partial charge is 0.508 e. The predicted molar refractivity (Wildman–Crippen MR) is 250 cm³/mol. The summed E-state index contributed by atoms with van der Waals surface area (Å²) in [5.41, 5.74) is 4.23. The number of phenols is 1. The lowest BCUT2D eigenvalue weighted by Gasteiger charge is -2.40. The average Bonchev–Trinajstić information content (AvgIpc) is 4.25. The zero-order chi connectivity index (χ0) is 46.1. The fourth-order valence-corrected chi connectivity index (χ4v) is 11.1. The number of amides is 3. The van der Waals surface area contributed by atoms with E-state index in [1.54, 1.807) is 35.2 Å². The van der Waals surface area contributed by atoms with Crippen molar-refractivity contribution in [2.45, 2.75) is 83.1 Å². The van der Waals surface area contributed by atoms with Gasteiger partial charge in [-0.1, -0.05) is 25.1 Å². The zero-order valence-corrected chi connectivity index (χ0v) is 38.1. The van der Waals surface area contributed by atoms with Gasteiger partial charge < -0.3 is 29.4 Å². The number of nitrogens with one attached hydrogen (secondary N) is 1. The summed E-state index contributed by atoms with van der Waals surface area (Å²) in [4.78, 5) is 62.3. The number of aromatic nitrogens is 3. The van der Waals surface area contributed by atoms with Crippen LogP contribution < -0.4 is 19.9 Å². The summed E-state index contributed by atoms with van der Waals surface area (Å²) in [6.45, 7) is 10.6. The SMILES string of the molecule is CCc1cccc2cc(O)cc(-c3ncc4c(N(C)[C@@H]5C[C@H]5F)nc(OCC5(CN6CCC(CN7CCN(c8ccc9c(c8)CN([C@H]8CCC(=O)NC8=O)C9=O)CC7)CC6)CC5)nc4c3F)c12. The molecule has 0 unspecified atom stereocenters. The maximum absolute atomic E-state index is 16.9. The molecule has 2 aromatic heterocycles.